The number of pyridine rings is 2. The maximum absolute atomic E-state index is 9.19. The van der Waals surface area contributed by atoms with Crippen LogP contribution in [0.3, 0.4) is 0 Å². The first-order chi connectivity index (χ1) is 23.5. The van der Waals surface area contributed by atoms with Crippen LogP contribution in [0.5, 0.6) is 0 Å². The largest absolute Gasteiger partial charge is 0.378 e. The molecule has 0 radical (unpaired) electrons. The molecule has 0 aliphatic heterocycles. The van der Waals surface area contributed by atoms with Crippen molar-refractivity contribution >= 4 is 50.2 Å². The Kier molecular flexibility index (Phi) is 17.8. The lowest BCUT2D eigenvalue weighted by Gasteiger charge is -2.11. The molecular weight excluding hydrogens is 671 g/mol. The van der Waals surface area contributed by atoms with Gasteiger partial charge < -0.3 is 4.90 Å². The Labute approximate surface area is 299 Å². The number of unbranched alkanes of at least 4 members (excludes halogenated alkanes) is 3. The number of nitrogens with zero attached hydrogens (tertiary/aromatic N) is 3. The van der Waals surface area contributed by atoms with Crippen molar-refractivity contribution in [1.82, 2.24) is 0 Å². The van der Waals surface area contributed by atoms with E-state index in [0.717, 1.165) is 13.1 Å². The van der Waals surface area contributed by atoms with Gasteiger partial charge in [-0.15, -0.1) is 0 Å². The topological polar surface area (TPSA) is 120 Å². The highest BCUT2D eigenvalue weighted by atomic mass is 32.2. The van der Waals surface area contributed by atoms with Crippen molar-refractivity contribution in [3.63, 3.8) is 0 Å². The van der Waals surface area contributed by atoms with E-state index in [4.69, 9.17) is 9.11 Å². The fourth-order valence-corrected chi connectivity index (χ4v) is 4.66. The molecule has 11 heteroatoms. The van der Waals surface area contributed by atoms with Gasteiger partial charge in [0.15, 0.2) is 24.8 Å². The van der Waals surface area contributed by atoms with Crippen LogP contribution < -0.4 is 14.0 Å². The lowest BCUT2D eigenvalue weighted by molar-refractivity contribution is -0.698. The predicted octanol–water partition coefficient (Wildman–Crippen LogP) is 7.06. The van der Waals surface area contributed by atoms with Crippen LogP contribution in [-0.2, 0) is 33.3 Å². The summed E-state index contributed by atoms with van der Waals surface area (Å²) in [4.78, 5) is 2.12. The van der Waals surface area contributed by atoms with Crippen molar-refractivity contribution in [1.29, 1.82) is 0 Å². The van der Waals surface area contributed by atoms with E-state index in [1.165, 1.54) is 59.2 Å². The molecule has 0 aliphatic rings. The van der Waals surface area contributed by atoms with Crippen LogP contribution in [0, 0.1) is 0 Å². The number of rotatable bonds is 13. The Hall–Kier alpha value is -4.16. The third-order valence-corrected chi connectivity index (χ3v) is 7.37. The van der Waals surface area contributed by atoms with Crippen molar-refractivity contribution in [2.45, 2.75) is 58.5 Å². The molecule has 2 aromatic heterocycles. The first-order valence-corrected chi connectivity index (χ1v) is 20.2. The predicted molar refractivity (Wildman–Crippen MR) is 206 cm³/mol. The van der Waals surface area contributed by atoms with Gasteiger partial charge >= 0.3 is 0 Å². The van der Waals surface area contributed by atoms with Crippen molar-refractivity contribution in [2.75, 3.05) is 31.5 Å². The molecule has 0 saturated heterocycles. The molecule has 0 unspecified atom stereocenters. The monoisotopic (exact) mass is 723 g/mol. The second-order valence-electron chi connectivity index (χ2n) is 12.6. The summed E-state index contributed by atoms with van der Waals surface area (Å²) in [6.45, 7) is 6.61. The molecule has 0 atom stereocenters. The van der Waals surface area contributed by atoms with Crippen LogP contribution in [0.25, 0.3) is 24.3 Å². The zero-order valence-electron chi connectivity index (χ0n) is 30.1. The Morgan fingerprint density at radius 3 is 1.16 bits per heavy atom. The van der Waals surface area contributed by atoms with Gasteiger partial charge in [-0.3, -0.25) is 9.11 Å². The molecular formula is C39H53N3O6S2+2. The molecule has 0 bridgehead atoms. The summed E-state index contributed by atoms with van der Waals surface area (Å²) in [5.41, 5.74) is 7.54. The minimum Gasteiger partial charge on any atom is -0.378 e. The van der Waals surface area contributed by atoms with Gasteiger partial charge in [-0.2, -0.15) is 16.8 Å². The van der Waals surface area contributed by atoms with E-state index in [-0.39, 0.29) is 0 Å². The Balaban J connectivity index is 0.000000761. The SMILES string of the molecule is CC(C)c1ccc(/C=C/c2cc[n+](CCCCCC[n+]3ccc(/C=C/c4ccc(N(C)C)cc4)cc3)cc2)cc1.CS(=O)(=O)O.CS(=O)(=O)O. The van der Waals surface area contributed by atoms with Crippen LogP contribution >= 0.6 is 0 Å². The summed E-state index contributed by atoms with van der Waals surface area (Å²) < 4.78 is 56.3. The fourth-order valence-electron chi connectivity index (χ4n) is 4.66. The molecule has 9 nitrogen and oxygen atoms in total. The standard InChI is InChI=1S/C37H45N3.2CH4O3S/c1-31(2)36-17-13-32(14-18-36)9-11-34-21-27-39(28-22-34)25-7-5-6-8-26-40-29-23-35(24-30-40)12-10-33-15-19-37(20-16-33)38(3)4;2*1-5(2,3)4/h9-24,27-31H,5-8,25-26H2,1-4H3;2*1H3,(H,2,3,4)/q+2;;/b11-9+;;. The molecule has 0 aliphatic carbocycles. The lowest BCUT2D eigenvalue weighted by atomic mass is 10.0. The summed E-state index contributed by atoms with van der Waals surface area (Å²) in [5.74, 6) is 0.574. The maximum atomic E-state index is 9.19. The number of aryl methyl sites for hydroxylation is 2. The first-order valence-electron chi connectivity index (χ1n) is 16.5. The van der Waals surface area contributed by atoms with Crippen LogP contribution in [0.1, 0.15) is 73.3 Å². The van der Waals surface area contributed by atoms with Gasteiger partial charge in [0.05, 0.1) is 12.5 Å². The molecule has 4 rings (SSSR count). The van der Waals surface area contributed by atoms with Gasteiger partial charge in [0.2, 0.25) is 0 Å². The third kappa shape index (κ3) is 20.4. The molecule has 2 heterocycles. The molecule has 0 amide bonds. The summed E-state index contributed by atoms with van der Waals surface area (Å²) in [5, 5.41) is 0. The molecule has 0 fully saturated rings. The summed E-state index contributed by atoms with van der Waals surface area (Å²) in [6.07, 6.45) is 23.9. The molecule has 270 valence electrons. The first kappa shape index (κ1) is 42.0. The Bertz CT molecular complexity index is 1680. The van der Waals surface area contributed by atoms with Crippen molar-refractivity contribution < 1.29 is 35.1 Å². The van der Waals surface area contributed by atoms with Gasteiger partial charge in [0.1, 0.15) is 13.1 Å². The number of benzene rings is 2. The van der Waals surface area contributed by atoms with Gasteiger partial charge in [0, 0.05) is 56.9 Å². The fraction of sp³-hybridized carbons (Fsp3) is 0.333. The summed E-state index contributed by atoms with van der Waals surface area (Å²) >= 11 is 0. The van der Waals surface area contributed by atoms with Crippen LogP contribution in [-0.4, -0.2) is 52.5 Å². The molecule has 0 spiro atoms. The second kappa shape index (κ2) is 21.1. The van der Waals surface area contributed by atoms with Gasteiger partial charge in [-0.05, 0) is 58.7 Å². The maximum Gasteiger partial charge on any atom is 0.261 e. The Morgan fingerprint density at radius 1 is 0.560 bits per heavy atom. The molecule has 2 aromatic carbocycles. The van der Waals surface area contributed by atoms with E-state index in [1.807, 2.05) is 0 Å². The van der Waals surface area contributed by atoms with E-state index < -0.39 is 20.2 Å². The number of hydrogen-bond donors (Lipinski definition) is 2. The van der Waals surface area contributed by atoms with Crippen molar-refractivity contribution in [2.24, 2.45) is 0 Å². The highest BCUT2D eigenvalue weighted by Gasteiger charge is 2.03. The van der Waals surface area contributed by atoms with E-state index >= 15 is 0 Å². The van der Waals surface area contributed by atoms with Crippen molar-refractivity contribution in [3.05, 3.63) is 125 Å². The zero-order chi connectivity index (χ0) is 37.2. The average molecular weight is 724 g/mol. The molecule has 0 saturated carbocycles. The van der Waals surface area contributed by atoms with Gasteiger partial charge in [-0.1, -0.05) is 74.5 Å². The lowest BCUT2D eigenvalue weighted by Crippen LogP contribution is -2.33. The summed E-state index contributed by atoms with van der Waals surface area (Å²) in [7, 11) is -3.20. The highest BCUT2D eigenvalue weighted by molar-refractivity contribution is 7.85. The number of aromatic nitrogens is 2. The van der Waals surface area contributed by atoms with E-state index in [2.05, 4.69) is 164 Å². The van der Waals surface area contributed by atoms with Crippen LogP contribution in [0.2, 0.25) is 0 Å². The van der Waals surface area contributed by atoms with E-state index in [9.17, 15) is 16.8 Å². The minimum atomic E-state index is -3.67. The van der Waals surface area contributed by atoms with Gasteiger partial charge in [-0.25, -0.2) is 9.13 Å². The second-order valence-corrected chi connectivity index (χ2v) is 15.5. The van der Waals surface area contributed by atoms with Crippen LogP contribution in [0.4, 0.5) is 5.69 Å². The van der Waals surface area contributed by atoms with Crippen LogP contribution in [0.15, 0.2) is 97.6 Å². The minimum absolute atomic E-state index is 0.574. The Morgan fingerprint density at radius 2 is 0.860 bits per heavy atom. The molecule has 50 heavy (non-hydrogen) atoms. The smallest absolute Gasteiger partial charge is 0.261 e. The van der Waals surface area contributed by atoms with Crippen molar-refractivity contribution in [3.8, 4) is 0 Å². The average Bonchev–Trinajstić information content (AvgIpc) is 3.04. The third-order valence-electron chi connectivity index (χ3n) is 7.37. The number of hydrogen-bond acceptors (Lipinski definition) is 5. The molecule has 2 N–H and O–H groups in total. The van der Waals surface area contributed by atoms with Gasteiger partial charge in [0.25, 0.3) is 20.2 Å². The van der Waals surface area contributed by atoms with E-state index in [0.29, 0.717) is 18.4 Å². The van der Waals surface area contributed by atoms with E-state index in [1.54, 1.807) is 0 Å². The summed E-state index contributed by atoms with van der Waals surface area (Å²) in [6, 6.07) is 26.3. The quantitative estimate of drug-likeness (QED) is 0.0862. The zero-order valence-corrected chi connectivity index (χ0v) is 31.7. The normalized spacial score (nSPS) is 11.6. The highest BCUT2D eigenvalue weighted by Crippen LogP contribution is 2.16. The molecule has 4 aromatic rings. The number of anilines is 1.